The first-order valence-electron chi connectivity index (χ1n) is 4.00. The third-order valence-corrected chi connectivity index (χ3v) is 1.82. The Morgan fingerprint density at radius 1 is 1.69 bits per heavy atom. The van der Waals surface area contributed by atoms with Crippen LogP contribution in [0, 0.1) is 6.92 Å². The second-order valence-electron chi connectivity index (χ2n) is 2.68. The van der Waals surface area contributed by atoms with Gasteiger partial charge in [-0.15, -0.1) is 11.6 Å². The summed E-state index contributed by atoms with van der Waals surface area (Å²) in [5.41, 5.74) is 1.75. The molecule has 0 saturated heterocycles. The lowest BCUT2D eigenvalue weighted by atomic mass is 10.2. The molecule has 0 saturated carbocycles. The normalized spacial score (nSPS) is 9.69. The van der Waals surface area contributed by atoms with Gasteiger partial charge in [0.05, 0.1) is 11.9 Å². The molecule has 1 aromatic heterocycles. The maximum absolute atomic E-state index is 11.1. The van der Waals surface area contributed by atoms with E-state index in [9.17, 15) is 4.79 Å². The fraction of sp³-hybridized carbons (Fsp3) is 0.333. The van der Waals surface area contributed by atoms with Gasteiger partial charge in [0.15, 0.2) is 0 Å². The Labute approximate surface area is 82.1 Å². The number of rotatable bonds is 3. The van der Waals surface area contributed by atoms with Crippen LogP contribution < -0.4 is 5.32 Å². The van der Waals surface area contributed by atoms with Crippen molar-refractivity contribution >= 4 is 23.2 Å². The summed E-state index contributed by atoms with van der Waals surface area (Å²) >= 11 is 5.43. The van der Waals surface area contributed by atoms with Gasteiger partial charge in [-0.2, -0.15) is 0 Å². The van der Waals surface area contributed by atoms with Gasteiger partial charge in [-0.3, -0.25) is 9.78 Å². The number of aryl methyl sites for hydroxylation is 1. The number of halogens is 1. The predicted molar refractivity (Wildman–Crippen MR) is 52.9 cm³/mol. The Morgan fingerprint density at radius 2 is 2.46 bits per heavy atom. The summed E-state index contributed by atoms with van der Waals surface area (Å²) in [5, 5.41) is 2.73. The highest BCUT2D eigenvalue weighted by atomic mass is 35.5. The molecule has 13 heavy (non-hydrogen) atoms. The average Bonchev–Trinajstić information content (AvgIpc) is 2.09. The standard InChI is InChI=1S/C9H11ClN2O/c1-7-3-5-11-6-8(7)12-9(13)2-4-10/h3,5-6H,2,4H2,1H3,(H,12,13). The van der Waals surface area contributed by atoms with Crippen molar-refractivity contribution in [3.8, 4) is 0 Å². The summed E-state index contributed by atoms with van der Waals surface area (Å²) in [5.74, 6) is 0.261. The number of alkyl halides is 1. The number of hydrogen-bond acceptors (Lipinski definition) is 2. The van der Waals surface area contributed by atoms with Crippen LogP contribution in [-0.4, -0.2) is 16.8 Å². The van der Waals surface area contributed by atoms with Gasteiger partial charge in [0.1, 0.15) is 0 Å². The molecular formula is C9H11ClN2O. The minimum atomic E-state index is -0.0777. The highest BCUT2D eigenvalue weighted by molar-refractivity contribution is 6.19. The molecule has 1 heterocycles. The zero-order valence-corrected chi connectivity index (χ0v) is 8.14. The molecule has 0 fully saturated rings. The monoisotopic (exact) mass is 198 g/mol. The molecule has 4 heteroatoms. The second-order valence-corrected chi connectivity index (χ2v) is 3.06. The molecule has 0 atom stereocenters. The topological polar surface area (TPSA) is 42.0 Å². The van der Waals surface area contributed by atoms with E-state index in [4.69, 9.17) is 11.6 Å². The van der Waals surface area contributed by atoms with E-state index < -0.39 is 0 Å². The van der Waals surface area contributed by atoms with Crippen molar-refractivity contribution < 1.29 is 4.79 Å². The molecule has 70 valence electrons. The van der Waals surface area contributed by atoms with Crippen LogP contribution in [0.15, 0.2) is 18.5 Å². The second kappa shape index (κ2) is 4.82. The number of carbonyl (C=O) groups is 1. The number of pyridine rings is 1. The summed E-state index contributed by atoms with van der Waals surface area (Å²) in [6.07, 6.45) is 3.64. The first-order valence-corrected chi connectivity index (χ1v) is 4.54. The third-order valence-electron chi connectivity index (χ3n) is 1.63. The van der Waals surface area contributed by atoms with E-state index in [1.165, 1.54) is 0 Å². The number of nitrogens with one attached hydrogen (secondary N) is 1. The minimum Gasteiger partial charge on any atom is -0.324 e. The zero-order valence-electron chi connectivity index (χ0n) is 7.38. The number of anilines is 1. The molecule has 1 rings (SSSR count). The molecular weight excluding hydrogens is 188 g/mol. The van der Waals surface area contributed by atoms with Gasteiger partial charge in [0.25, 0.3) is 0 Å². The molecule has 0 aliphatic carbocycles. The summed E-state index contributed by atoms with van der Waals surface area (Å²) in [6, 6.07) is 1.84. The molecule has 0 bridgehead atoms. The van der Waals surface area contributed by atoms with E-state index in [1.54, 1.807) is 12.4 Å². The summed E-state index contributed by atoms with van der Waals surface area (Å²) in [4.78, 5) is 15.1. The molecule has 3 nitrogen and oxygen atoms in total. The maximum atomic E-state index is 11.1. The quantitative estimate of drug-likeness (QED) is 0.755. The molecule has 0 radical (unpaired) electrons. The van der Waals surface area contributed by atoms with E-state index in [0.717, 1.165) is 11.3 Å². The molecule has 0 aliphatic heterocycles. The highest BCUT2D eigenvalue weighted by Gasteiger charge is 2.02. The van der Waals surface area contributed by atoms with Gasteiger partial charge < -0.3 is 5.32 Å². The van der Waals surface area contributed by atoms with Crippen molar-refractivity contribution in [1.29, 1.82) is 0 Å². The van der Waals surface area contributed by atoms with Crippen LogP contribution in [0.3, 0.4) is 0 Å². The van der Waals surface area contributed by atoms with Gasteiger partial charge in [-0.25, -0.2) is 0 Å². The SMILES string of the molecule is Cc1ccncc1NC(=O)CCCl. The van der Waals surface area contributed by atoms with Gasteiger partial charge >= 0.3 is 0 Å². The van der Waals surface area contributed by atoms with E-state index in [0.29, 0.717) is 12.3 Å². The molecule has 0 aromatic carbocycles. The van der Waals surface area contributed by atoms with Crippen LogP contribution in [0.5, 0.6) is 0 Å². The van der Waals surface area contributed by atoms with Gasteiger partial charge in [0.2, 0.25) is 5.91 Å². The zero-order chi connectivity index (χ0) is 9.68. The van der Waals surface area contributed by atoms with E-state index >= 15 is 0 Å². The van der Waals surface area contributed by atoms with E-state index in [2.05, 4.69) is 10.3 Å². The van der Waals surface area contributed by atoms with Crippen LogP contribution in [0.25, 0.3) is 0 Å². The minimum absolute atomic E-state index is 0.0777. The Balaban J connectivity index is 2.63. The fourth-order valence-electron chi connectivity index (χ4n) is 0.893. The largest absolute Gasteiger partial charge is 0.324 e. The smallest absolute Gasteiger partial charge is 0.225 e. The van der Waals surface area contributed by atoms with E-state index in [-0.39, 0.29) is 5.91 Å². The number of carbonyl (C=O) groups excluding carboxylic acids is 1. The maximum Gasteiger partial charge on any atom is 0.225 e. The molecule has 1 aromatic rings. The van der Waals surface area contributed by atoms with Gasteiger partial charge in [-0.1, -0.05) is 0 Å². The summed E-state index contributed by atoms with van der Waals surface area (Å²) in [7, 11) is 0. The fourth-order valence-corrected chi connectivity index (χ4v) is 1.07. The summed E-state index contributed by atoms with van der Waals surface area (Å²) < 4.78 is 0. The number of hydrogen-bond donors (Lipinski definition) is 1. The summed E-state index contributed by atoms with van der Waals surface area (Å²) in [6.45, 7) is 1.91. The van der Waals surface area contributed by atoms with Crippen LogP contribution in [0.1, 0.15) is 12.0 Å². The van der Waals surface area contributed by atoms with Crippen molar-refractivity contribution in [2.45, 2.75) is 13.3 Å². The molecule has 1 amide bonds. The number of amides is 1. The number of nitrogens with zero attached hydrogens (tertiary/aromatic N) is 1. The Hall–Kier alpha value is -1.09. The first-order chi connectivity index (χ1) is 6.24. The lowest BCUT2D eigenvalue weighted by Crippen LogP contribution is -2.12. The predicted octanol–water partition coefficient (Wildman–Crippen LogP) is 1.96. The average molecular weight is 199 g/mol. The molecule has 0 aliphatic rings. The van der Waals surface area contributed by atoms with Crippen LogP contribution in [0.2, 0.25) is 0 Å². The van der Waals surface area contributed by atoms with Crippen molar-refractivity contribution in [2.75, 3.05) is 11.2 Å². The van der Waals surface area contributed by atoms with Crippen LogP contribution >= 0.6 is 11.6 Å². The lowest BCUT2D eigenvalue weighted by Gasteiger charge is -2.05. The van der Waals surface area contributed by atoms with Crippen molar-refractivity contribution in [3.05, 3.63) is 24.0 Å². The van der Waals surface area contributed by atoms with Crippen LogP contribution in [0.4, 0.5) is 5.69 Å². The number of aromatic nitrogens is 1. The lowest BCUT2D eigenvalue weighted by molar-refractivity contribution is -0.115. The molecule has 0 unspecified atom stereocenters. The van der Waals surface area contributed by atoms with Crippen LogP contribution in [-0.2, 0) is 4.79 Å². The van der Waals surface area contributed by atoms with Gasteiger partial charge in [0, 0.05) is 18.5 Å². The van der Waals surface area contributed by atoms with Crippen molar-refractivity contribution in [3.63, 3.8) is 0 Å². The molecule has 1 N–H and O–H groups in total. The highest BCUT2D eigenvalue weighted by Crippen LogP contribution is 2.11. The van der Waals surface area contributed by atoms with Crippen molar-refractivity contribution in [1.82, 2.24) is 4.98 Å². The molecule has 0 spiro atoms. The first kappa shape index (κ1) is 9.99. The third kappa shape index (κ3) is 3.03. The van der Waals surface area contributed by atoms with E-state index in [1.807, 2.05) is 13.0 Å². The Bertz CT molecular complexity index is 301. The van der Waals surface area contributed by atoms with Gasteiger partial charge in [-0.05, 0) is 18.6 Å². The Kier molecular flexibility index (Phi) is 3.71. The van der Waals surface area contributed by atoms with Crippen molar-refractivity contribution in [2.24, 2.45) is 0 Å². The Morgan fingerprint density at radius 3 is 3.08 bits per heavy atom.